The van der Waals surface area contributed by atoms with Crippen molar-refractivity contribution in [3.05, 3.63) is 30.1 Å². The standard InChI is InChI=1S/C13H14N2O4S/c1-13(4-5-20(18,19)7-13)15-8-14-10-3-2-9(12(16)17)6-11(10)15/h2-3,6,8H,4-5,7H2,1H3,(H,16,17). The number of aromatic carboxylic acids is 1. The van der Waals surface area contributed by atoms with Gasteiger partial charge in [-0.2, -0.15) is 0 Å². The quantitative estimate of drug-likeness (QED) is 0.901. The Morgan fingerprint density at radius 1 is 1.45 bits per heavy atom. The van der Waals surface area contributed by atoms with Crippen molar-refractivity contribution in [3.63, 3.8) is 0 Å². The van der Waals surface area contributed by atoms with Gasteiger partial charge in [0.25, 0.3) is 0 Å². The van der Waals surface area contributed by atoms with Crippen molar-refractivity contribution >= 4 is 26.8 Å². The summed E-state index contributed by atoms with van der Waals surface area (Å²) in [5.74, 6) is -0.797. The number of benzene rings is 1. The first-order valence-corrected chi connectivity index (χ1v) is 8.04. The minimum absolute atomic E-state index is 0.0583. The third-order valence-corrected chi connectivity index (χ3v) is 5.75. The first kappa shape index (κ1) is 13.1. The van der Waals surface area contributed by atoms with Crippen molar-refractivity contribution in [2.24, 2.45) is 0 Å². The maximum absolute atomic E-state index is 11.7. The summed E-state index contributed by atoms with van der Waals surface area (Å²) in [6.45, 7) is 1.87. The van der Waals surface area contributed by atoms with E-state index in [-0.39, 0.29) is 17.1 Å². The highest BCUT2D eigenvalue weighted by Gasteiger charge is 2.40. The molecule has 1 aromatic heterocycles. The van der Waals surface area contributed by atoms with Crippen LogP contribution in [0.15, 0.2) is 24.5 Å². The van der Waals surface area contributed by atoms with Crippen LogP contribution in [-0.4, -0.2) is 40.6 Å². The number of aromatic nitrogens is 2. The molecule has 1 saturated heterocycles. The van der Waals surface area contributed by atoms with Gasteiger partial charge in [-0.1, -0.05) is 0 Å². The van der Waals surface area contributed by atoms with Crippen LogP contribution in [0.25, 0.3) is 11.0 Å². The Hall–Kier alpha value is -1.89. The molecule has 1 aromatic carbocycles. The van der Waals surface area contributed by atoms with Crippen LogP contribution >= 0.6 is 0 Å². The molecule has 1 aliphatic heterocycles. The fourth-order valence-corrected chi connectivity index (χ4v) is 4.88. The predicted octanol–water partition coefficient (Wildman–Crippen LogP) is 1.27. The number of hydrogen-bond acceptors (Lipinski definition) is 4. The SMILES string of the molecule is CC1(n2cnc3ccc(C(=O)O)cc32)CCS(=O)(=O)C1. The highest BCUT2D eigenvalue weighted by Crippen LogP contribution is 2.33. The molecule has 1 aliphatic rings. The van der Waals surface area contributed by atoms with E-state index in [0.29, 0.717) is 17.5 Å². The Balaban J connectivity index is 2.17. The van der Waals surface area contributed by atoms with E-state index in [0.717, 1.165) is 0 Å². The molecule has 3 rings (SSSR count). The summed E-state index contributed by atoms with van der Waals surface area (Å²) in [5.41, 5.74) is 0.929. The molecule has 0 saturated carbocycles. The second-order valence-electron chi connectivity index (χ2n) is 5.46. The molecule has 0 spiro atoms. The maximum atomic E-state index is 11.7. The maximum Gasteiger partial charge on any atom is 0.335 e. The molecule has 1 unspecified atom stereocenters. The normalized spacial score (nSPS) is 25.1. The Labute approximate surface area is 116 Å². The lowest BCUT2D eigenvalue weighted by atomic mass is 10.0. The number of rotatable bonds is 2. The van der Waals surface area contributed by atoms with E-state index in [9.17, 15) is 13.2 Å². The van der Waals surface area contributed by atoms with Gasteiger partial charge in [-0.25, -0.2) is 18.2 Å². The second-order valence-corrected chi connectivity index (χ2v) is 7.65. The number of carbonyl (C=O) groups is 1. The van der Waals surface area contributed by atoms with Crippen LogP contribution in [0.4, 0.5) is 0 Å². The molecule has 20 heavy (non-hydrogen) atoms. The number of imidazole rings is 1. The summed E-state index contributed by atoms with van der Waals surface area (Å²) in [4.78, 5) is 15.3. The zero-order chi connectivity index (χ0) is 14.5. The van der Waals surface area contributed by atoms with E-state index in [1.54, 1.807) is 23.0 Å². The van der Waals surface area contributed by atoms with Gasteiger partial charge in [0.15, 0.2) is 9.84 Å². The van der Waals surface area contributed by atoms with Gasteiger partial charge in [0.2, 0.25) is 0 Å². The van der Waals surface area contributed by atoms with Gasteiger partial charge in [0, 0.05) is 0 Å². The van der Waals surface area contributed by atoms with Gasteiger partial charge in [-0.05, 0) is 31.5 Å². The molecule has 2 heterocycles. The number of carboxylic acids is 1. The minimum atomic E-state index is -3.04. The molecule has 2 aromatic rings. The number of hydrogen-bond donors (Lipinski definition) is 1. The Morgan fingerprint density at radius 3 is 2.80 bits per heavy atom. The average Bonchev–Trinajstić information content (AvgIpc) is 2.90. The van der Waals surface area contributed by atoms with E-state index >= 15 is 0 Å². The van der Waals surface area contributed by atoms with Crippen molar-refractivity contribution in [1.29, 1.82) is 0 Å². The molecular weight excluding hydrogens is 280 g/mol. The van der Waals surface area contributed by atoms with E-state index in [2.05, 4.69) is 4.98 Å². The molecule has 106 valence electrons. The van der Waals surface area contributed by atoms with Gasteiger partial charge in [-0.15, -0.1) is 0 Å². The Bertz CT molecular complexity index is 809. The van der Waals surface area contributed by atoms with Gasteiger partial charge >= 0.3 is 5.97 Å². The molecule has 1 fully saturated rings. The highest BCUT2D eigenvalue weighted by molar-refractivity contribution is 7.91. The predicted molar refractivity (Wildman–Crippen MR) is 73.6 cm³/mol. The van der Waals surface area contributed by atoms with Crippen molar-refractivity contribution in [2.75, 3.05) is 11.5 Å². The van der Waals surface area contributed by atoms with E-state index in [4.69, 9.17) is 5.11 Å². The molecule has 7 heteroatoms. The van der Waals surface area contributed by atoms with Crippen molar-refractivity contribution < 1.29 is 18.3 Å². The molecule has 0 aliphatic carbocycles. The number of sulfone groups is 1. The van der Waals surface area contributed by atoms with Crippen molar-refractivity contribution in [2.45, 2.75) is 18.9 Å². The lowest BCUT2D eigenvalue weighted by Gasteiger charge is -2.25. The van der Waals surface area contributed by atoms with Gasteiger partial charge in [0.05, 0.1) is 40.0 Å². The summed E-state index contributed by atoms with van der Waals surface area (Å²) in [7, 11) is -3.04. The van der Waals surface area contributed by atoms with Crippen LogP contribution in [0.1, 0.15) is 23.7 Å². The van der Waals surface area contributed by atoms with E-state index in [1.165, 1.54) is 6.07 Å². The Kier molecular flexibility index (Phi) is 2.66. The second kappa shape index (κ2) is 4.05. The molecule has 0 amide bonds. The fraction of sp³-hybridized carbons (Fsp3) is 0.385. The smallest absolute Gasteiger partial charge is 0.335 e. The third-order valence-electron chi connectivity index (χ3n) is 3.86. The molecule has 0 bridgehead atoms. The average molecular weight is 294 g/mol. The molecular formula is C13H14N2O4S. The number of carboxylic acid groups (broad SMARTS) is 1. The number of fused-ring (bicyclic) bond motifs is 1. The van der Waals surface area contributed by atoms with Gasteiger partial charge < -0.3 is 9.67 Å². The fourth-order valence-electron chi connectivity index (χ4n) is 2.75. The molecule has 1 N–H and O–H groups in total. The topological polar surface area (TPSA) is 89.3 Å². The highest BCUT2D eigenvalue weighted by atomic mass is 32.2. The first-order chi connectivity index (χ1) is 9.31. The minimum Gasteiger partial charge on any atom is -0.478 e. The Morgan fingerprint density at radius 2 is 2.20 bits per heavy atom. The molecule has 6 nitrogen and oxygen atoms in total. The lowest BCUT2D eigenvalue weighted by Crippen LogP contribution is -2.30. The summed E-state index contributed by atoms with van der Waals surface area (Å²) in [6.07, 6.45) is 2.11. The monoisotopic (exact) mass is 294 g/mol. The van der Waals surface area contributed by atoms with Crippen LogP contribution in [0.5, 0.6) is 0 Å². The molecule has 1 atom stereocenters. The van der Waals surface area contributed by atoms with Crippen LogP contribution in [0, 0.1) is 0 Å². The van der Waals surface area contributed by atoms with E-state index in [1.807, 2.05) is 6.92 Å². The zero-order valence-corrected chi connectivity index (χ0v) is 11.7. The third kappa shape index (κ3) is 1.98. The van der Waals surface area contributed by atoms with Gasteiger partial charge in [0.1, 0.15) is 0 Å². The van der Waals surface area contributed by atoms with Crippen LogP contribution in [0.3, 0.4) is 0 Å². The lowest BCUT2D eigenvalue weighted by molar-refractivity contribution is 0.0697. The summed E-state index contributed by atoms with van der Waals surface area (Å²) in [6, 6.07) is 4.68. The van der Waals surface area contributed by atoms with Crippen LogP contribution < -0.4 is 0 Å². The summed E-state index contributed by atoms with van der Waals surface area (Å²) < 4.78 is 25.2. The largest absolute Gasteiger partial charge is 0.478 e. The van der Waals surface area contributed by atoms with Gasteiger partial charge in [-0.3, -0.25) is 0 Å². The first-order valence-electron chi connectivity index (χ1n) is 6.22. The van der Waals surface area contributed by atoms with Crippen molar-refractivity contribution in [3.8, 4) is 0 Å². The summed E-state index contributed by atoms with van der Waals surface area (Å²) >= 11 is 0. The van der Waals surface area contributed by atoms with E-state index < -0.39 is 21.3 Å². The number of nitrogens with zero attached hydrogens (tertiary/aromatic N) is 2. The molecule has 0 radical (unpaired) electrons. The van der Waals surface area contributed by atoms with Crippen molar-refractivity contribution in [1.82, 2.24) is 9.55 Å². The summed E-state index contributed by atoms with van der Waals surface area (Å²) in [5, 5.41) is 9.06. The van der Waals surface area contributed by atoms with Crippen LogP contribution in [-0.2, 0) is 15.4 Å². The zero-order valence-electron chi connectivity index (χ0n) is 10.9. The van der Waals surface area contributed by atoms with Crippen LogP contribution in [0.2, 0.25) is 0 Å².